The molecule has 0 unspecified atom stereocenters. The average Bonchev–Trinajstić information content (AvgIpc) is 3.31. The molecule has 1 aromatic carbocycles. The van der Waals surface area contributed by atoms with Crippen molar-refractivity contribution in [1.82, 2.24) is 14.5 Å². The molecule has 138 valence electrons. The number of hydrogen-bond donors (Lipinski definition) is 0. The average molecular weight is 360 g/mol. The smallest absolute Gasteiger partial charge is 0.247 e. The van der Waals surface area contributed by atoms with Gasteiger partial charge in [-0.15, -0.1) is 0 Å². The molecule has 27 heavy (non-hydrogen) atoms. The molecule has 5 heteroatoms. The van der Waals surface area contributed by atoms with E-state index in [0.717, 1.165) is 35.5 Å². The van der Waals surface area contributed by atoms with Crippen LogP contribution >= 0.6 is 0 Å². The molecule has 0 atom stereocenters. The number of para-hydroxylation sites is 2. The molecule has 0 radical (unpaired) electrons. The lowest BCUT2D eigenvalue weighted by Crippen LogP contribution is -2.33. The number of fused-ring (bicyclic) bond motifs is 2. The van der Waals surface area contributed by atoms with Gasteiger partial charge < -0.3 is 9.47 Å². The lowest BCUT2D eigenvalue weighted by Gasteiger charge is -2.23. The van der Waals surface area contributed by atoms with Crippen molar-refractivity contribution in [1.29, 1.82) is 0 Å². The quantitative estimate of drug-likeness (QED) is 0.707. The van der Waals surface area contributed by atoms with Crippen molar-refractivity contribution < 1.29 is 4.79 Å². The number of rotatable bonds is 3. The van der Waals surface area contributed by atoms with Crippen molar-refractivity contribution in [3.8, 4) is 0 Å². The zero-order chi connectivity index (χ0) is 18.2. The molecule has 5 nitrogen and oxygen atoms in total. The first-order valence-electron chi connectivity index (χ1n) is 9.99. The van der Waals surface area contributed by atoms with Gasteiger partial charge in [0.1, 0.15) is 12.4 Å². The van der Waals surface area contributed by atoms with Crippen molar-refractivity contribution in [2.24, 2.45) is 0 Å². The Hall–Kier alpha value is -2.69. The van der Waals surface area contributed by atoms with Gasteiger partial charge in [0.15, 0.2) is 0 Å². The van der Waals surface area contributed by atoms with Crippen LogP contribution in [-0.2, 0) is 17.8 Å². The minimum absolute atomic E-state index is 0.127. The highest BCUT2D eigenvalue weighted by Crippen LogP contribution is 2.34. The van der Waals surface area contributed by atoms with Gasteiger partial charge in [-0.1, -0.05) is 31.4 Å². The molecular weight excluding hydrogens is 336 g/mol. The first kappa shape index (κ1) is 16.5. The summed E-state index contributed by atoms with van der Waals surface area (Å²) >= 11 is 0. The summed E-state index contributed by atoms with van der Waals surface area (Å²) in [6.07, 6.45) is 10.7. The van der Waals surface area contributed by atoms with Gasteiger partial charge in [0.2, 0.25) is 5.91 Å². The van der Waals surface area contributed by atoms with Crippen molar-refractivity contribution >= 4 is 22.6 Å². The molecule has 1 aliphatic heterocycles. The van der Waals surface area contributed by atoms with Crippen molar-refractivity contribution in [3.05, 3.63) is 54.1 Å². The van der Waals surface area contributed by atoms with Crippen molar-refractivity contribution in [3.63, 3.8) is 0 Å². The molecule has 1 fully saturated rings. The third kappa shape index (κ3) is 2.91. The van der Waals surface area contributed by atoms with E-state index in [0.29, 0.717) is 12.5 Å². The zero-order valence-electron chi connectivity index (χ0n) is 15.5. The number of amides is 1. The van der Waals surface area contributed by atoms with Gasteiger partial charge >= 0.3 is 0 Å². The fourth-order valence-electron chi connectivity index (χ4n) is 4.63. The van der Waals surface area contributed by atoms with Crippen LogP contribution in [0, 0.1) is 0 Å². The summed E-state index contributed by atoms with van der Waals surface area (Å²) in [5.74, 6) is 1.68. The molecule has 1 amide bonds. The lowest BCUT2D eigenvalue weighted by atomic mass is 9.88. The molecule has 1 aliphatic carbocycles. The number of pyridine rings is 1. The number of imidazole rings is 1. The van der Waals surface area contributed by atoms with Gasteiger partial charge in [-0.3, -0.25) is 9.78 Å². The Balaban J connectivity index is 1.50. The maximum atomic E-state index is 13.2. The predicted molar refractivity (Wildman–Crippen MR) is 106 cm³/mol. The number of nitrogens with zero attached hydrogens (tertiary/aromatic N) is 4. The minimum Gasteiger partial charge on any atom is -0.318 e. The Morgan fingerprint density at radius 3 is 2.85 bits per heavy atom. The molecule has 2 aliphatic rings. The second kappa shape index (κ2) is 6.80. The SMILES string of the molecule is O=C(Cn1c(C2CCCCC2)nc2ccccc21)N1CCc2ccncc21. The van der Waals surface area contributed by atoms with E-state index in [1.807, 2.05) is 29.3 Å². The lowest BCUT2D eigenvalue weighted by molar-refractivity contribution is -0.119. The largest absolute Gasteiger partial charge is 0.318 e. The third-order valence-corrected chi connectivity index (χ3v) is 6.03. The van der Waals surface area contributed by atoms with Gasteiger partial charge in [0.05, 0.1) is 22.9 Å². The summed E-state index contributed by atoms with van der Waals surface area (Å²) in [5.41, 5.74) is 4.24. The van der Waals surface area contributed by atoms with Crippen LogP contribution in [0.1, 0.15) is 49.4 Å². The van der Waals surface area contributed by atoms with Crippen molar-refractivity contribution in [2.45, 2.75) is 51.0 Å². The second-order valence-corrected chi connectivity index (χ2v) is 7.68. The first-order chi connectivity index (χ1) is 13.3. The highest BCUT2D eigenvalue weighted by Gasteiger charge is 2.28. The molecule has 3 aromatic rings. The molecule has 0 N–H and O–H groups in total. The number of hydrogen-bond acceptors (Lipinski definition) is 3. The summed E-state index contributed by atoms with van der Waals surface area (Å²) in [6.45, 7) is 1.09. The molecule has 1 saturated carbocycles. The molecular formula is C22H24N4O. The van der Waals surface area contributed by atoms with E-state index in [-0.39, 0.29) is 5.91 Å². The summed E-state index contributed by atoms with van der Waals surface area (Å²) in [4.78, 5) is 24.2. The number of carbonyl (C=O) groups excluding carboxylic acids is 1. The number of carbonyl (C=O) groups is 1. The number of aromatic nitrogens is 3. The van der Waals surface area contributed by atoms with E-state index in [1.165, 1.54) is 37.7 Å². The van der Waals surface area contributed by atoms with E-state index in [2.05, 4.69) is 21.7 Å². The van der Waals surface area contributed by atoms with Crippen LogP contribution in [0.5, 0.6) is 0 Å². The summed E-state index contributed by atoms with van der Waals surface area (Å²) < 4.78 is 2.17. The van der Waals surface area contributed by atoms with Gasteiger partial charge in [0.25, 0.3) is 0 Å². The zero-order valence-corrected chi connectivity index (χ0v) is 15.5. The first-order valence-corrected chi connectivity index (χ1v) is 9.99. The van der Waals surface area contributed by atoms with Crippen LogP contribution in [0.2, 0.25) is 0 Å². The maximum absolute atomic E-state index is 13.2. The van der Waals surface area contributed by atoms with Crippen molar-refractivity contribution in [2.75, 3.05) is 11.4 Å². The minimum atomic E-state index is 0.127. The third-order valence-electron chi connectivity index (χ3n) is 6.03. The highest BCUT2D eigenvalue weighted by atomic mass is 16.2. The van der Waals surface area contributed by atoms with E-state index in [4.69, 9.17) is 4.98 Å². The van der Waals surface area contributed by atoms with Crippen LogP contribution in [0.4, 0.5) is 5.69 Å². The summed E-state index contributed by atoms with van der Waals surface area (Å²) in [5, 5.41) is 0. The van der Waals surface area contributed by atoms with Gasteiger partial charge in [-0.25, -0.2) is 4.98 Å². The predicted octanol–water partition coefficient (Wildman–Crippen LogP) is 4.07. The van der Waals surface area contributed by atoms with Crippen LogP contribution in [0.25, 0.3) is 11.0 Å². The normalized spacial score (nSPS) is 17.4. The van der Waals surface area contributed by atoms with Crippen LogP contribution < -0.4 is 4.90 Å². The fraction of sp³-hybridized carbons (Fsp3) is 0.409. The fourth-order valence-corrected chi connectivity index (χ4v) is 4.63. The van der Waals surface area contributed by atoms with E-state index >= 15 is 0 Å². The second-order valence-electron chi connectivity index (χ2n) is 7.68. The molecule has 0 bridgehead atoms. The van der Waals surface area contributed by atoms with Crippen LogP contribution in [0.3, 0.4) is 0 Å². The molecule has 2 aromatic heterocycles. The van der Waals surface area contributed by atoms with Gasteiger partial charge in [-0.2, -0.15) is 0 Å². The highest BCUT2D eigenvalue weighted by molar-refractivity contribution is 5.96. The maximum Gasteiger partial charge on any atom is 0.247 e. The monoisotopic (exact) mass is 360 g/mol. The Bertz CT molecular complexity index is 987. The van der Waals surface area contributed by atoms with Gasteiger partial charge in [0, 0.05) is 18.7 Å². The Morgan fingerprint density at radius 1 is 1.11 bits per heavy atom. The standard InChI is InChI=1S/C22H24N4O/c27-21(25-13-11-16-10-12-23-14-20(16)25)15-26-19-9-5-4-8-18(19)24-22(26)17-6-2-1-3-7-17/h4-5,8-10,12,14,17H,1-3,6-7,11,13,15H2. The number of anilines is 1. The van der Waals surface area contributed by atoms with Crippen LogP contribution in [-0.4, -0.2) is 27.0 Å². The van der Waals surface area contributed by atoms with E-state index in [1.54, 1.807) is 6.20 Å². The summed E-state index contributed by atoms with van der Waals surface area (Å²) in [6, 6.07) is 10.2. The van der Waals surface area contributed by atoms with E-state index in [9.17, 15) is 4.79 Å². The van der Waals surface area contributed by atoms with Crippen LogP contribution in [0.15, 0.2) is 42.7 Å². The Kier molecular flexibility index (Phi) is 4.15. The van der Waals surface area contributed by atoms with E-state index < -0.39 is 0 Å². The Labute approximate surface area is 159 Å². The Morgan fingerprint density at radius 2 is 1.96 bits per heavy atom. The molecule has 0 saturated heterocycles. The molecule has 3 heterocycles. The number of benzene rings is 1. The topological polar surface area (TPSA) is 51.0 Å². The summed E-state index contributed by atoms with van der Waals surface area (Å²) in [7, 11) is 0. The molecule has 0 spiro atoms. The van der Waals surface area contributed by atoms with Gasteiger partial charge in [-0.05, 0) is 43.0 Å². The molecule has 5 rings (SSSR count).